The molecule has 8 heterocycles. The Labute approximate surface area is 413 Å². The smallest absolute Gasteiger partial charge is 0.414 e. The molecule has 2 aliphatic heterocycles. The SMILES string of the molecule is CCn1nnn(CCN2CCC(Nc3nc4ccccc4n3Cc3ccc(C)o3)CC2)c1=O.CCn1nnn(CCN2CCC(Nc3nc4ccccc4n3Cc3ccc(C)o3)CC2)c1=O.O=C(O)C(=O)O. The molecule has 24 heteroatoms. The van der Waals surface area contributed by atoms with Crippen LogP contribution in [-0.4, -0.2) is 142 Å². The summed E-state index contributed by atoms with van der Waals surface area (Å²) in [6.45, 7) is 16.7. The van der Waals surface area contributed by atoms with Gasteiger partial charge in [-0.2, -0.15) is 18.7 Å². The zero-order valence-corrected chi connectivity index (χ0v) is 41.0. The molecule has 2 aromatic carbocycles. The predicted octanol–water partition coefficient (Wildman–Crippen LogP) is 3.83. The van der Waals surface area contributed by atoms with Gasteiger partial charge < -0.3 is 48.6 Å². The van der Waals surface area contributed by atoms with E-state index in [-0.39, 0.29) is 11.4 Å². The zero-order valence-electron chi connectivity index (χ0n) is 41.0. The molecule has 24 nitrogen and oxygen atoms in total. The third-order valence-corrected chi connectivity index (χ3v) is 12.8. The first-order valence-corrected chi connectivity index (χ1v) is 24.3. The number of aromatic nitrogens is 12. The van der Waals surface area contributed by atoms with Crippen molar-refractivity contribution in [3.63, 3.8) is 0 Å². The lowest BCUT2D eigenvalue weighted by Crippen LogP contribution is -2.41. The van der Waals surface area contributed by atoms with Crippen molar-refractivity contribution in [3.05, 3.63) is 117 Å². The van der Waals surface area contributed by atoms with Gasteiger partial charge >= 0.3 is 23.3 Å². The largest absolute Gasteiger partial charge is 0.473 e. The highest BCUT2D eigenvalue weighted by molar-refractivity contribution is 6.27. The molecule has 2 saturated heterocycles. The fraction of sp³-hybridized carbons (Fsp3) is 0.458. The Bertz CT molecular complexity index is 2960. The van der Waals surface area contributed by atoms with Crippen molar-refractivity contribution in [1.82, 2.24) is 68.5 Å². The van der Waals surface area contributed by atoms with Crippen molar-refractivity contribution < 1.29 is 28.6 Å². The van der Waals surface area contributed by atoms with E-state index in [9.17, 15) is 9.59 Å². The summed E-state index contributed by atoms with van der Waals surface area (Å²) in [6, 6.07) is 25.1. The molecule has 2 fully saturated rings. The van der Waals surface area contributed by atoms with Gasteiger partial charge in [-0.3, -0.25) is 0 Å². The van der Waals surface area contributed by atoms with Crippen LogP contribution in [0.5, 0.6) is 0 Å². The molecule has 382 valence electrons. The van der Waals surface area contributed by atoms with Crippen LogP contribution in [0.3, 0.4) is 0 Å². The van der Waals surface area contributed by atoms with Gasteiger partial charge in [0.1, 0.15) is 23.0 Å². The summed E-state index contributed by atoms with van der Waals surface area (Å²) in [4.78, 5) is 56.9. The number of tetrazole rings is 2. The number of rotatable bonds is 16. The van der Waals surface area contributed by atoms with E-state index in [1.165, 1.54) is 18.7 Å². The first-order valence-electron chi connectivity index (χ1n) is 24.3. The summed E-state index contributed by atoms with van der Waals surface area (Å²) in [5.74, 6) is 1.78. The van der Waals surface area contributed by atoms with Crippen LogP contribution in [0.25, 0.3) is 22.1 Å². The second-order valence-corrected chi connectivity index (χ2v) is 17.8. The zero-order chi connectivity index (χ0) is 50.7. The van der Waals surface area contributed by atoms with E-state index in [1.54, 1.807) is 0 Å². The minimum absolute atomic E-state index is 0.139. The lowest BCUT2D eigenvalue weighted by atomic mass is 10.1. The Morgan fingerprint density at radius 1 is 0.556 bits per heavy atom. The number of hydrogen-bond donors (Lipinski definition) is 4. The number of nitrogens with zero attached hydrogens (tertiary/aromatic N) is 14. The van der Waals surface area contributed by atoms with Gasteiger partial charge in [-0.15, -0.1) is 0 Å². The van der Waals surface area contributed by atoms with Gasteiger partial charge in [-0.25, -0.2) is 29.1 Å². The second kappa shape index (κ2) is 23.4. The second-order valence-electron chi connectivity index (χ2n) is 17.8. The first-order chi connectivity index (χ1) is 34.8. The van der Waals surface area contributed by atoms with E-state index < -0.39 is 11.9 Å². The number of para-hydroxylation sites is 4. The molecule has 72 heavy (non-hydrogen) atoms. The summed E-state index contributed by atoms with van der Waals surface area (Å²) in [5.41, 5.74) is 3.87. The molecule has 0 atom stereocenters. The number of carbonyl (C=O) groups is 2. The average molecular weight is 991 g/mol. The van der Waals surface area contributed by atoms with Crippen LogP contribution in [0.15, 0.2) is 91.2 Å². The maximum Gasteiger partial charge on any atom is 0.414 e. The first kappa shape index (κ1) is 50.5. The molecule has 0 saturated carbocycles. The quantitative estimate of drug-likeness (QED) is 0.100. The third kappa shape index (κ3) is 12.5. The molecule has 0 spiro atoms. The standard InChI is InChI=1S/2C23H30N8O2.C2H2O4/c2*1-3-30-23(32)31(27-26-30)15-14-28-12-10-18(11-13-28)24-22-25-20-6-4-5-7-21(20)29(22)16-19-9-8-17(2)33-19;3-1(4)2(5)6/h2*4-9,18H,3,10-16H2,1-2H3,(H,24,25);(H,3,4)(H,5,6). The minimum atomic E-state index is -1.82. The lowest BCUT2D eigenvalue weighted by Gasteiger charge is -2.32. The molecule has 0 unspecified atom stereocenters. The molecule has 2 aliphatic rings. The van der Waals surface area contributed by atoms with E-state index in [4.69, 9.17) is 38.6 Å². The molecular weight excluding hydrogens is 929 g/mol. The number of nitrogens with one attached hydrogen (secondary N) is 2. The Kier molecular flexibility index (Phi) is 16.4. The highest BCUT2D eigenvalue weighted by atomic mass is 16.4. The van der Waals surface area contributed by atoms with Gasteiger partial charge in [-0.05, 0) is 123 Å². The van der Waals surface area contributed by atoms with Crippen LogP contribution in [0.4, 0.5) is 11.9 Å². The minimum Gasteiger partial charge on any atom is -0.473 e. The number of piperidine rings is 2. The van der Waals surface area contributed by atoms with Gasteiger partial charge in [0.15, 0.2) is 0 Å². The maximum atomic E-state index is 12.1. The maximum absolute atomic E-state index is 12.1. The molecule has 8 aromatic rings. The molecule has 4 N–H and O–H groups in total. The predicted molar refractivity (Wildman–Crippen MR) is 266 cm³/mol. The number of benzene rings is 2. The third-order valence-electron chi connectivity index (χ3n) is 12.8. The van der Waals surface area contributed by atoms with Gasteiger partial charge in [0.25, 0.3) is 0 Å². The van der Waals surface area contributed by atoms with Crippen molar-refractivity contribution in [2.75, 3.05) is 49.9 Å². The number of aliphatic carboxylic acids is 2. The van der Waals surface area contributed by atoms with E-state index in [2.05, 4.69) is 62.6 Å². The Hall–Kier alpha value is -7.86. The van der Waals surface area contributed by atoms with Crippen LogP contribution in [-0.2, 0) is 48.9 Å². The molecule has 0 radical (unpaired) electrons. The molecular formula is C48H62N16O8. The highest BCUT2D eigenvalue weighted by Crippen LogP contribution is 2.26. The lowest BCUT2D eigenvalue weighted by molar-refractivity contribution is -0.159. The number of likely N-dealkylation sites (tertiary alicyclic amines) is 2. The number of anilines is 2. The fourth-order valence-electron chi connectivity index (χ4n) is 8.87. The number of aryl methyl sites for hydroxylation is 4. The number of imidazole rings is 2. The van der Waals surface area contributed by atoms with Crippen molar-refractivity contribution in [3.8, 4) is 0 Å². The van der Waals surface area contributed by atoms with Gasteiger partial charge in [-0.1, -0.05) is 24.3 Å². The summed E-state index contributed by atoms with van der Waals surface area (Å²) in [5, 5.41) is 37.9. The van der Waals surface area contributed by atoms with E-state index in [0.29, 0.717) is 51.4 Å². The van der Waals surface area contributed by atoms with E-state index in [1.807, 2.05) is 88.4 Å². The Morgan fingerprint density at radius 2 is 0.931 bits per heavy atom. The summed E-state index contributed by atoms with van der Waals surface area (Å²) < 4.78 is 21.7. The Morgan fingerprint density at radius 3 is 1.26 bits per heavy atom. The highest BCUT2D eigenvalue weighted by Gasteiger charge is 2.24. The van der Waals surface area contributed by atoms with Crippen LogP contribution in [0.1, 0.15) is 62.6 Å². The number of fused-ring (bicyclic) bond motifs is 2. The Balaban J connectivity index is 0.000000173. The van der Waals surface area contributed by atoms with Crippen molar-refractivity contribution >= 4 is 45.9 Å². The summed E-state index contributed by atoms with van der Waals surface area (Å²) >= 11 is 0. The van der Waals surface area contributed by atoms with E-state index >= 15 is 0 Å². The average Bonchev–Trinajstić information content (AvgIpc) is 4.26. The fourth-order valence-corrected chi connectivity index (χ4v) is 8.87. The summed E-state index contributed by atoms with van der Waals surface area (Å²) in [7, 11) is 0. The normalized spacial score (nSPS) is 14.8. The number of furan rings is 2. The monoisotopic (exact) mass is 990 g/mol. The van der Waals surface area contributed by atoms with Gasteiger partial charge in [0.05, 0.1) is 48.2 Å². The van der Waals surface area contributed by atoms with Crippen molar-refractivity contribution in [2.24, 2.45) is 0 Å². The molecule has 0 bridgehead atoms. The number of hydrogen-bond acceptors (Lipinski definition) is 16. The number of carboxylic acids is 2. The van der Waals surface area contributed by atoms with Crippen LogP contribution < -0.4 is 22.0 Å². The van der Waals surface area contributed by atoms with Gasteiger partial charge in [0.2, 0.25) is 11.9 Å². The molecule has 10 rings (SSSR count). The number of carboxylic acid groups (broad SMARTS) is 2. The topological polar surface area (TPSA) is 272 Å². The molecule has 0 amide bonds. The van der Waals surface area contributed by atoms with Crippen LogP contribution >= 0.6 is 0 Å². The van der Waals surface area contributed by atoms with Crippen molar-refractivity contribution in [2.45, 2.75) is 105 Å². The van der Waals surface area contributed by atoms with Crippen LogP contribution in [0.2, 0.25) is 0 Å². The molecule has 0 aliphatic carbocycles. The van der Waals surface area contributed by atoms with E-state index in [0.717, 1.165) is 122 Å². The van der Waals surface area contributed by atoms with Crippen molar-refractivity contribution in [1.29, 1.82) is 0 Å². The van der Waals surface area contributed by atoms with Crippen LogP contribution in [0, 0.1) is 13.8 Å². The summed E-state index contributed by atoms with van der Waals surface area (Å²) in [6.07, 6.45) is 4.05. The molecule has 6 aromatic heterocycles. The van der Waals surface area contributed by atoms with Gasteiger partial charge in [0, 0.05) is 64.4 Å².